The van der Waals surface area contributed by atoms with Gasteiger partial charge in [-0.2, -0.15) is 13.2 Å². The van der Waals surface area contributed by atoms with Gasteiger partial charge in [-0.1, -0.05) is 6.07 Å². The van der Waals surface area contributed by atoms with Crippen LogP contribution in [0.5, 0.6) is 0 Å². The molecule has 0 radical (unpaired) electrons. The van der Waals surface area contributed by atoms with Crippen LogP contribution in [0.1, 0.15) is 21.5 Å². The Labute approximate surface area is 274 Å². The number of nitrogens with zero attached hydrogens (tertiary/aromatic N) is 8. The molecule has 0 aliphatic carbocycles. The Morgan fingerprint density at radius 1 is 0.958 bits per heavy atom. The molecule has 0 saturated carbocycles. The maximum absolute atomic E-state index is 15.2. The summed E-state index contributed by atoms with van der Waals surface area (Å²) in [5.41, 5.74) is 0.622. The van der Waals surface area contributed by atoms with E-state index in [2.05, 4.69) is 35.4 Å². The average molecular weight is 669 g/mol. The number of anilines is 5. The van der Waals surface area contributed by atoms with Crippen LogP contribution in [0.2, 0.25) is 0 Å². The van der Waals surface area contributed by atoms with E-state index in [1.165, 1.54) is 12.4 Å². The highest BCUT2D eigenvalue weighted by atomic mass is 19.4. The van der Waals surface area contributed by atoms with Crippen LogP contribution in [-0.4, -0.2) is 113 Å². The third kappa shape index (κ3) is 7.24. The van der Waals surface area contributed by atoms with Crippen LogP contribution in [0.3, 0.4) is 0 Å². The van der Waals surface area contributed by atoms with E-state index in [-0.39, 0.29) is 23.5 Å². The predicted octanol–water partition coefficient (Wildman–Crippen LogP) is 3.75. The maximum atomic E-state index is 15.2. The number of hydrogen-bond acceptors (Lipinski definition) is 11. The normalized spacial score (nSPS) is 16.4. The fraction of sp³-hybridized carbons (Fsp3) is 0.406. The van der Waals surface area contributed by atoms with Crippen molar-refractivity contribution in [3.8, 4) is 0 Å². The summed E-state index contributed by atoms with van der Waals surface area (Å²) in [6.07, 6.45) is -1.96. The molecule has 0 spiro atoms. The van der Waals surface area contributed by atoms with Gasteiger partial charge in [-0.05, 0) is 43.8 Å². The lowest BCUT2D eigenvalue weighted by atomic mass is 10.1. The molecule has 2 aromatic carbocycles. The molecule has 2 aromatic heterocycles. The average Bonchev–Trinajstić information content (AvgIpc) is 3.07. The summed E-state index contributed by atoms with van der Waals surface area (Å²) in [6, 6.07) is 6.69. The highest BCUT2D eigenvalue weighted by Gasteiger charge is 2.37. The van der Waals surface area contributed by atoms with E-state index in [9.17, 15) is 23.1 Å². The lowest BCUT2D eigenvalue weighted by Crippen LogP contribution is -2.47. The second-order valence-corrected chi connectivity index (χ2v) is 11.9. The van der Waals surface area contributed by atoms with Gasteiger partial charge >= 0.3 is 6.18 Å². The number of halogens is 4. The van der Waals surface area contributed by atoms with Gasteiger partial charge in [-0.15, -0.1) is 0 Å². The van der Waals surface area contributed by atoms with Gasteiger partial charge in [-0.3, -0.25) is 9.69 Å². The standard InChI is InChI=1S/C32H36F4N10O2/c1-20-3-4-21(30(48)40-22-16-23(32(34,35)36)27(33)26(17-22)45-9-5-43(2)6-10-45)15-24(20)41-29-28-25(38-19-39-29)18-37-31(42-28)46-11-7-44(8-12-46)13-14-47/h3-4,15-19,47H,5-14H2,1-2H3,(H,40,48)(H,38,39,41). The van der Waals surface area contributed by atoms with Gasteiger partial charge in [0.15, 0.2) is 11.6 Å². The molecular formula is C32H36F4N10O2. The third-order valence-corrected chi connectivity index (χ3v) is 8.65. The van der Waals surface area contributed by atoms with Crippen molar-refractivity contribution in [1.29, 1.82) is 0 Å². The predicted molar refractivity (Wildman–Crippen MR) is 174 cm³/mol. The molecule has 48 heavy (non-hydrogen) atoms. The molecule has 6 rings (SSSR count). The number of aromatic nitrogens is 4. The fourth-order valence-electron chi connectivity index (χ4n) is 5.80. The number of aliphatic hydroxyl groups is 1. The van der Waals surface area contributed by atoms with E-state index < -0.39 is 23.5 Å². The number of β-amino-alcohol motifs (C(OH)–C–C–N with tert-alkyl or cyclic N) is 1. The number of aryl methyl sites for hydroxylation is 1. The van der Waals surface area contributed by atoms with Crippen molar-refractivity contribution in [2.75, 3.05) is 93.0 Å². The molecule has 12 nitrogen and oxygen atoms in total. The Bertz CT molecular complexity index is 1790. The van der Waals surface area contributed by atoms with Gasteiger partial charge < -0.3 is 30.4 Å². The topological polar surface area (TPSA) is 126 Å². The summed E-state index contributed by atoms with van der Waals surface area (Å²) < 4.78 is 56.8. The molecule has 2 fully saturated rings. The lowest BCUT2D eigenvalue weighted by molar-refractivity contribution is -0.139. The van der Waals surface area contributed by atoms with E-state index in [0.717, 1.165) is 18.7 Å². The Hall–Kier alpha value is -4.67. The molecule has 4 heterocycles. The van der Waals surface area contributed by atoms with Gasteiger partial charge in [0, 0.05) is 75.8 Å². The number of hydrogen-bond donors (Lipinski definition) is 3. The highest BCUT2D eigenvalue weighted by Crippen LogP contribution is 2.38. The van der Waals surface area contributed by atoms with Gasteiger partial charge in [0.25, 0.3) is 5.91 Å². The van der Waals surface area contributed by atoms with Crippen LogP contribution < -0.4 is 20.4 Å². The zero-order valence-electron chi connectivity index (χ0n) is 26.6. The third-order valence-electron chi connectivity index (χ3n) is 8.65. The zero-order valence-corrected chi connectivity index (χ0v) is 26.6. The minimum absolute atomic E-state index is 0.101. The minimum atomic E-state index is -4.95. The monoisotopic (exact) mass is 668 g/mol. The van der Waals surface area contributed by atoms with Crippen LogP contribution in [-0.2, 0) is 6.18 Å². The number of benzene rings is 2. The van der Waals surface area contributed by atoms with Crippen molar-refractivity contribution in [2.24, 2.45) is 0 Å². The number of rotatable bonds is 8. The van der Waals surface area contributed by atoms with Gasteiger partial charge in [-0.25, -0.2) is 24.3 Å². The first kappa shape index (κ1) is 33.2. The number of fused-ring (bicyclic) bond motifs is 1. The summed E-state index contributed by atoms with van der Waals surface area (Å²) >= 11 is 0. The van der Waals surface area contributed by atoms with Crippen LogP contribution in [0.25, 0.3) is 11.0 Å². The van der Waals surface area contributed by atoms with Crippen molar-refractivity contribution >= 4 is 45.8 Å². The van der Waals surface area contributed by atoms with Crippen molar-refractivity contribution in [1.82, 2.24) is 29.7 Å². The van der Waals surface area contributed by atoms with Gasteiger partial charge in [0.05, 0.1) is 24.1 Å². The Morgan fingerprint density at radius 2 is 1.69 bits per heavy atom. The number of carbonyl (C=O) groups is 1. The second-order valence-electron chi connectivity index (χ2n) is 11.9. The van der Waals surface area contributed by atoms with Crippen molar-refractivity contribution in [3.05, 3.63) is 65.4 Å². The van der Waals surface area contributed by atoms with E-state index in [1.807, 2.05) is 18.9 Å². The number of carbonyl (C=O) groups excluding carboxylic acids is 1. The highest BCUT2D eigenvalue weighted by molar-refractivity contribution is 6.05. The van der Waals surface area contributed by atoms with Crippen LogP contribution in [0.15, 0.2) is 42.9 Å². The minimum Gasteiger partial charge on any atom is -0.395 e. The number of nitrogens with one attached hydrogen (secondary N) is 2. The molecule has 0 bridgehead atoms. The maximum Gasteiger partial charge on any atom is 0.419 e. The van der Waals surface area contributed by atoms with Gasteiger partial charge in [0.2, 0.25) is 5.95 Å². The van der Waals surface area contributed by atoms with Crippen molar-refractivity contribution in [3.63, 3.8) is 0 Å². The SMILES string of the molecule is Cc1ccc(C(=O)Nc2cc(N3CCN(C)CC3)c(F)c(C(F)(F)F)c2)cc1Nc1ncnc2cnc(N3CCN(CCO)CC3)nc12. The molecule has 1 amide bonds. The number of amides is 1. The molecule has 0 unspecified atom stereocenters. The van der Waals surface area contributed by atoms with Crippen LogP contribution in [0.4, 0.5) is 46.4 Å². The smallest absolute Gasteiger partial charge is 0.395 e. The first-order valence-corrected chi connectivity index (χ1v) is 15.6. The Kier molecular flexibility index (Phi) is 9.57. The molecule has 16 heteroatoms. The largest absolute Gasteiger partial charge is 0.419 e. The lowest BCUT2D eigenvalue weighted by Gasteiger charge is -2.34. The Balaban J connectivity index is 1.24. The van der Waals surface area contributed by atoms with Crippen molar-refractivity contribution < 1.29 is 27.5 Å². The quantitative estimate of drug-likeness (QED) is 0.238. The fourth-order valence-corrected chi connectivity index (χ4v) is 5.80. The molecule has 2 aliphatic heterocycles. The van der Waals surface area contributed by atoms with Crippen LogP contribution >= 0.6 is 0 Å². The summed E-state index contributed by atoms with van der Waals surface area (Å²) in [6.45, 7) is 7.27. The van der Waals surface area contributed by atoms with Gasteiger partial charge in [0.1, 0.15) is 17.4 Å². The molecule has 4 aromatic rings. The zero-order chi connectivity index (χ0) is 34.0. The number of piperazine rings is 2. The van der Waals surface area contributed by atoms with E-state index in [1.54, 1.807) is 29.3 Å². The number of aliphatic hydroxyl groups excluding tert-OH is 1. The summed E-state index contributed by atoms with van der Waals surface area (Å²) in [5, 5.41) is 15.0. The summed E-state index contributed by atoms with van der Waals surface area (Å²) in [7, 11) is 1.89. The molecular weight excluding hydrogens is 632 g/mol. The molecule has 0 atom stereocenters. The summed E-state index contributed by atoms with van der Waals surface area (Å²) in [5.74, 6) is -1.13. The van der Waals surface area contributed by atoms with Crippen molar-refractivity contribution in [2.45, 2.75) is 13.1 Å². The number of likely N-dealkylation sites (N-methyl/N-ethyl adjacent to an activating group) is 1. The first-order chi connectivity index (χ1) is 23.0. The van der Waals surface area contributed by atoms with E-state index >= 15 is 4.39 Å². The first-order valence-electron chi connectivity index (χ1n) is 15.6. The summed E-state index contributed by atoms with van der Waals surface area (Å²) in [4.78, 5) is 39.1. The Morgan fingerprint density at radius 3 is 2.40 bits per heavy atom. The van der Waals surface area contributed by atoms with E-state index in [4.69, 9.17) is 4.98 Å². The molecule has 254 valence electrons. The van der Waals surface area contributed by atoms with Crippen LogP contribution in [0, 0.1) is 12.7 Å². The second kappa shape index (κ2) is 13.8. The molecule has 2 saturated heterocycles. The van der Waals surface area contributed by atoms with E-state index in [0.29, 0.717) is 80.4 Å². The molecule has 2 aliphatic rings. The molecule has 3 N–H and O–H groups in total. The number of alkyl halides is 3.